The van der Waals surface area contributed by atoms with E-state index in [4.69, 9.17) is 9.52 Å². The predicted molar refractivity (Wildman–Crippen MR) is 74.2 cm³/mol. The Bertz CT molecular complexity index is 594. The van der Waals surface area contributed by atoms with Gasteiger partial charge in [0.1, 0.15) is 15.9 Å². The highest BCUT2D eigenvalue weighted by Gasteiger charge is 2.24. The first-order chi connectivity index (χ1) is 9.25. The Labute approximate surface area is 124 Å². The SMILES string of the molecule is CCS(=O)(=O)CCC(NC(=O)c1ccc(Br)o1)C(=O)O. The van der Waals surface area contributed by atoms with Gasteiger partial charge in [-0.3, -0.25) is 4.79 Å². The van der Waals surface area contributed by atoms with E-state index >= 15 is 0 Å². The highest BCUT2D eigenvalue weighted by atomic mass is 79.9. The highest BCUT2D eigenvalue weighted by Crippen LogP contribution is 2.14. The lowest BCUT2D eigenvalue weighted by molar-refractivity contribution is -0.139. The van der Waals surface area contributed by atoms with Gasteiger partial charge in [-0.25, -0.2) is 13.2 Å². The molecule has 1 unspecified atom stereocenters. The smallest absolute Gasteiger partial charge is 0.326 e. The van der Waals surface area contributed by atoms with Crippen LogP contribution in [0.5, 0.6) is 0 Å². The van der Waals surface area contributed by atoms with Crippen molar-refractivity contribution in [2.75, 3.05) is 11.5 Å². The molecule has 20 heavy (non-hydrogen) atoms. The van der Waals surface area contributed by atoms with Crippen molar-refractivity contribution in [3.05, 3.63) is 22.6 Å². The lowest BCUT2D eigenvalue weighted by Crippen LogP contribution is -2.41. The van der Waals surface area contributed by atoms with Gasteiger partial charge in [0.15, 0.2) is 10.4 Å². The summed E-state index contributed by atoms with van der Waals surface area (Å²) >= 11 is 3.02. The van der Waals surface area contributed by atoms with Gasteiger partial charge in [-0.2, -0.15) is 0 Å². The van der Waals surface area contributed by atoms with Crippen LogP contribution in [0.1, 0.15) is 23.9 Å². The first-order valence-electron chi connectivity index (χ1n) is 5.74. The third-order valence-corrected chi connectivity index (χ3v) is 4.72. The van der Waals surface area contributed by atoms with Crippen LogP contribution in [0.25, 0.3) is 0 Å². The van der Waals surface area contributed by atoms with Gasteiger partial charge in [-0.15, -0.1) is 0 Å². The zero-order chi connectivity index (χ0) is 15.3. The Kier molecular flexibility index (Phi) is 5.75. The molecule has 112 valence electrons. The zero-order valence-corrected chi connectivity index (χ0v) is 13.0. The molecule has 1 aromatic heterocycles. The molecular weight excluding hydrogens is 354 g/mol. The average molecular weight is 368 g/mol. The molecule has 0 aliphatic heterocycles. The molecule has 0 radical (unpaired) electrons. The van der Waals surface area contributed by atoms with Crippen molar-refractivity contribution >= 4 is 37.6 Å². The molecule has 0 aliphatic carbocycles. The molecule has 1 amide bonds. The molecule has 0 bridgehead atoms. The molecule has 1 heterocycles. The summed E-state index contributed by atoms with van der Waals surface area (Å²) in [6, 6.07) is 1.58. The third-order valence-electron chi connectivity index (χ3n) is 2.56. The molecule has 9 heteroatoms. The fraction of sp³-hybridized carbons (Fsp3) is 0.455. The Morgan fingerprint density at radius 2 is 2.10 bits per heavy atom. The van der Waals surface area contributed by atoms with Gasteiger partial charge in [0.2, 0.25) is 0 Å². The first kappa shape index (κ1) is 16.7. The van der Waals surface area contributed by atoms with Crippen LogP contribution >= 0.6 is 15.9 Å². The monoisotopic (exact) mass is 367 g/mol. The van der Waals surface area contributed by atoms with Crippen molar-refractivity contribution in [2.45, 2.75) is 19.4 Å². The van der Waals surface area contributed by atoms with Crippen LogP contribution in [-0.2, 0) is 14.6 Å². The number of amides is 1. The molecule has 0 aromatic carbocycles. The quantitative estimate of drug-likeness (QED) is 0.744. The number of hydrogen-bond donors (Lipinski definition) is 2. The van der Waals surface area contributed by atoms with Crippen LogP contribution in [0.2, 0.25) is 0 Å². The second kappa shape index (κ2) is 6.89. The minimum atomic E-state index is -3.29. The molecule has 0 fully saturated rings. The zero-order valence-electron chi connectivity index (χ0n) is 10.6. The number of carboxylic acids is 1. The van der Waals surface area contributed by atoms with Crippen molar-refractivity contribution in [2.24, 2.45) is 0 Å². The minimum absolute atomic E-state index is 0.0542. The Morgan fingerprint density at radius 1 is 1.45 bits per heavy atom. The number of carbonyl (C=O) groups excluding carboxylic acids is 1. The fourth-order valence-corrected chi connectivity index (χ4v) is 2.55. The van der Waals surface area contributed by atoms with Crippen LogP contribution in [0, 0.1) is 0 Å². The number of sulfone groups is 1. The van der Waals surface area contributed by atoms with Gasteiger partial charge in [0, 0.05) is 5.75 Å². The maximum Gasteiger partial charge on any atom is 0.326 e. The second-order valence-corrected chi connectivity index (χ2v) is 7.25. The van der Waals surface area contributed by atoms with Crippen molar-refractivity contribution in [1.82, 2.24) is 5.32 Å². The molecule has 0 spiro atoms. The van der Waals surface area contributed by atoms with Crippen molar-refractivity contribution in [3.63, 3.8) is 0 Å². The minimum Gasteiger partial charge on any atom is -0.480 e. The number of nitrogens with one attached hydrogen (secondary N) is 1. The van der Waals surface area contributed by atoms with Crippen molar-refractivity contribution < 1.29 is 27.5 Å². The van der Waals surface area contributed by atoms with Crippen LogP contribution < -0.4 is 5.32 Å². The van der Waals surface area contributed by atoms with E-state index in [1.54, 1.807) is 0 Å². The average Bonchev–Trinajstić information content (AvgIpc) is 2.80. The van der Waals surface area contributed by atoms with E-state index in [2.05, 4.69) is 21.2 Å². The van der Waals surface area contributed by atoms with Gasteiger partial charge < -0.3 is 14.8 Å². The second-order valence-electron chi connectivity index (χ2n) is 3.99. The largest absolute Gasteiger partial charge is 0.480 e. The Morgan fingerprint density at radius 3 is 2.55 bits per heavy atom. The number of furan rings is 1. The summed E-state index contributed by atoms with van der Waals surface area (Å²) in [7, 11) is -3.29. The normalized spacial score (nSPS) is 12.9. The Hall–Kier alpha value is -1.35. The molecule has 1 aromatic rings. The number of carbonyl (C=O) groups is 2. The maximum atomic E-state index is 11.7. The fourth-order valence-electron chi connectivity index (χ4n) is 1.36. The standard InChI is InChI=1S/C11H14BrNO6S/c1-2-20(17,18)6-5-7(11(15)16)13-10(14)8-3-4-9(12)19-8/h3-4,7H,2,5-6H2,1H3,(H,13,14)(H,15,16). The molecule has 0 saturated heterocycles. The third kappa shape index (κ3) is 4.97. The first-order valence-corrected chi connectivity index (χ1v) is 8.36. The van der Waals surface area contributed by atoms with E-state index in [9.17, 15) is 18.0 Å². The summed E-state index contributed by atoms with van der Waals surface area (Å²) in [5.74, 6) is -2.44. The van der Waals surface area contributed by atoms with Gasteiger partial charge in [0.05, 0.1) is 5.75 Å². The van der Waals surface area contributed by atoms with Gasteiger partial charge >= 0.3 is 5.97 Å². The molecular formula is C11H14BrNO6S. The lowest BCUT2D eigenvalue weighted by Gasteiger charge is -2.13. The van der Waals surface area contributed by atoms with E-state index in [-0.39, 0.29) is 23.7 Å². The predicted octanol–water partition coefficient (Wildman–Crippen LogP) is 1.05. The molecule has 2 N–H and O–H groups in total. The van der Waals surface area contributed by atoms with Crippen LogP contribution in [0.3, 0.4) is 0 Å². The number of halogens is 1. The highest BCUT2D eigenvalue weighted by molar-refractivity contribution is 9.10. The van der Waals surface area contributed by atoms with Gasteiger partial charge in [-0.1, -0.05) is 6.92 Å². The van der Waals surface area contributed by atoms with E-state index in [0.717, 1.165) is 0 Å². The maximum absolute atomic E-state index is 11.7. The van der Waals surface area contributed by atoms with Gasteiger partial charge in [-0.05, 0) is 34.5 Å². The number of carboxylic acid groups (broad SMARTS) is 1. The van der Waals surface area contributed by atoms with Crippen LogP contribution in [0.4, 0.5) is 0 Å². The molecule has 1 atom stereocenters. The van der Waals surface area contributed by atoms with Crippen LogP contribution in [0.15, 0.2) is 21.2 Å². The van der Waals surface area contributed by atoms with Gasteiger partial charge in [0.25, 0.3) is 5.91 Å². The van der Waals surface area contributed by atoms with Crippen molar-refractivity contribution in [3.8, 4) is 0 Å². The number of aliphatic carboxylic acids is 1. The van der Waals surface area contributed by atoms with E-state index in [1.807, 2.05) is 0 Å². The summed E-state index contributed by atoms with van der Waals surface area (Å²) in [5.41, 5.74) is 0. The molecule has 7 nitrogen and oxygen atoms in total. The summed E-state index contributed by atoms with van der Waals surface area (Å²) in [6.07, 6.45) is -0.195. The lowest BCUT2D eigenvalue weighted by atomic mass is 10.2. The molecule has 0 saturated carbocycles. The van der Waals surface area contributed by atoms with Crippen molar-refractivity contribution in [1.29, 1.82) is 0 Å². The Balaban J connectivity index is 2.68. The number of hydrogen-bond acceptors (Lipinski definition) is 5. The molecule has 0 aliphatic rings. The molecule has 1 rings (SSSR count). The summed E-state index contributed by atoms with van der Waals surface area (Å²) in [6.45, 7) is 1.48. The van der Waals surface area contributed by atoms with Crippen LogP contribution in [-0.4, -0.2) is 42.9 Å². The van der Waals surface area contributed by atoms with E-state index < -0.39 is 27.8 Å². The topological polar surface area (TPSA) is 114 Å². The summed E-state index contributed by atoms with van der Waals surface area (Å²) < 4.78 is 28.0. The summed E-state index contributed by atoms with van der Waals surface area (Å²) in [4.78, 5) is 22.8. The van der Waals surface area contributed by atoms with E-state index in [0.29, 0.717) is 4.67 Å². The van der Waals surface area contributed by atoms with E-state index in [1.165, 1.54) is 19.1 Å². The number of rotatable bonds is 7. The summed E-state index contributed by atoms with van der Waals surface area (Å²) in [5, 5.41) is 11.2.